The van der Waals surface area contributed by atoms with Crippen LogP contribution in [-0.2, 0) is 0 Å². The van der Waals surface area contributed by atoms with Gasteiger partial charge in [-0.1, -0.05) is 30.7 Å². The van der Waals surface area contributed by atoms with Crippen LogP contribution in [0.3, 0.4) is 0 Å². The number of nitrogens with zero attached hydrogens (tertiary/aromatic N) is 1. The van der Waals surface area contributed by atoms with Crippen LogP contribution in [0.15, 0.2) is 42.7 Å². The van der Waals surface area contributed by atoms with E-state index in [9.17, 15) is 4.79 Å². The van der Waals surface area contributed by atoms with Crippen molar-refractivity contribution >= 4 is 17.5 Å². The van der Waals surface area contributed by atoms with Gasteiger partial charge in [0.25, 0.3) is 5.91 Å². The lowest BCUT2D eigenvalue weighted by atomic mass is 10.0. The zero-order chi connectivity index (χ0) is 15.2. The number of carbonyl (C=O) groups excluding carboxylic acids is 1. The minimum Gasteiger partial charge on any atom is -0.497 e. The van der Waals surface area contributed by atoms with E-state index in [2.05, 4.69) is 10.3 Å². The highest BCUT2D eigenvalue weighted by Crippen LogP contribution is 2.21. The lowest BCUT2D eigenvalue weighted by molar-refractivity contribution is 0.0935. The van der Waals surface area contributed by atoms with Crippen molar-refractivity contribution in [3.05, 3.63) is 58.9 Å². The van der Waals surface area contributed by atoms with Gasteiger partial charge in [0, 0.05) is 12.4 Å². The van der Waals surface area contributed by atoms with Gasteiger partial charge < -0.3 is 10.1 Å². The van der Waals surface area contributed by atoms with E-state index in [1.165, 1.54) is 6.20 Å². The van der Waals surface area contributed by atoms with Crippen molar-refractivity contribution in [1.29, 1.82) is 0 Å². The Morgan fingerprint density at radius 3 is 2.62 bits per heavy atom. The molecule has 1 unspecified atom stereocenters. The van der Waals surface area contributed by atoms with Gasteiger partial charge in [0.15, 0.2) is 0 Å². The summed E-state index contributed by atoms with van der Waals surface area (Å²) in [7, 11) is 1.62. The molecule has 0 spiro atoms. The standard InChI is InChI=1S/C16H17ClN2O2/c1-3-15(11-4-6-12(21-2)7-5-11)19-16(20)13-8-9-18-10-14(13)17/h4-10,15H,3H2,1-2H3,(H,19,20). The zero-order valence-corrected chi connectivity index (χ0v) is 12.7. The first-order chi connectivity index (χ1) is 10.2. The molecule has 0 aliphatic carbocycles. The Kier molecular flexibility index (Phi) is 5.17. The average molecular weight is 305 g/mol. The minimum absolute atomic E-state index is 0.0763. The van der Waals surface area contributed by atoms with Crippen LogP contribution < -0.4 is 10.1 Å². The molecule has 1 aromatic carbocycles. The maximum Gasteiger partial charge on any atom is 0.253 e. The van der Waals surface area contributed by atoms with E-state index in [0.717, 1.165) is 17.7 Å². The molecule has 0 aliphatic heterocycles. The normalized spacial score (nSPS) is 11.8. The molecular weight excluding hydrogens is 288 g/mol. The highest BCUT2D eigenvalue weighted by atomic mass is 35.5. The molecule has 0 aliphatic rings. The van der Waals surface area contributed by atoms with Crippen molar-refractivity contribution in [3.8, 4) is 5.75 Å². The molecule has 1 aromatic heterocycles. The van der Waals surface area contributed by atoms with Gasteiger partial charge in [-0.25, -0.2) is 0 Å². The van der Waals surface area contributed by atoms with E-state index < -0.39 is 0 Å². The Bertz CT molecular complexity index is 614. The van der Waals surface area contributed by atoms with E-state index in [0.29, 0.717) is 10.6 Å². The van der Waals surface area contributed by atoms with Crippen LogP contribution in [0.25, 0.3) is 0 Å². The Labute approximate surface area is 129 Å². The predicted molar refractivity (Wildman–Crippen MR) is 82.7 cm³/mol. The van der Waals surface area contributed by atoms with Gasteiger partial charge in [-0.15, -0.1) is 0 Å². The molecule has 1 N–H and O–H groups in total. The first kappa shape index (κ1) is 15.3. The molecular formula is C16H17ClN2O2. The summed E-state index contributed by atoms with van der Waals surface area (Å²) in [4.78, 5) is 16.2. The van der Waals surface area contributed by atoms with E-state index >= 15 is 0 Å². The van der Waals surface area contributed by atoms with E-state index in [1.807, 2.05) is 31.2 Å². The topological polar surface area (TPSA) is 51.2 Å². The van der Waals surface area contributed by atoms with Crippen molar-refractivity contribution in [2.24, 2.45) is 0 Å². The fourth-order valence-corrected chi connectivity index (χ4v) is 2.26. The number of rotatable bonds is 5. The van der Waals surface area contributed by atoms with Gasteiger partial charge >= 0.3 is 0 Å². The number of nitrogens with one attached hydrogen (secondary N) is 1. The number of carbonyl (C=O) groups is 1. The summed E-state index contributed by atoms with van der Waals surface area (Å²) in [5.74, 6) is 0.585. The first-order valence-electron chi connectivity index (χ1n) is 6.70. The molecule has 0 saturated heterocycles. The smallest absolute Gasteiger partial charge is 0.253 e. The number of halogens is 1. The van der Waals surface area contributed by atoms with Crippen LogP contribution in [-0.4, -0.2) is 18.0 Å². The summed E-state index contributed by atoms with van der Waals surface area (Å²) in [6.07, 6.45) is 3.79. The van der Waals surface area contributed by atoms with Crippen molar-refractivity contribution in [3.63, 3.8) is 0 Å². The van der Waals surface area contributed by atoms with E-state index in [1.54, 1.807) is 19.4 Å². The SMILES string of the molecule is CCC(NC(=O)c1ccncc1Cl)c1ccc(OC)cc1. The van der Waals surface area contributed by atoms with Crippen LogP contribution in [0, 0.1) is 0 Å². The lowest BCUT2D eigenvalue weighted by Crippen LogP contribution is -2.28. The Balaban J connectivity index is 2.15. The van der Waals surface area contributed by atoms with Gasteiger partial charge in [0.1, 0.15) is 5.75 Å². The van der Waals surface area contributed by atoms with Gasteiger partial charge in [0.2, 0.25) is 0 Å². The van der Waals surface area contributed by atoms with Crippen LogP contribution in [0.2, 0.25) is 5.02 Å². The van der Waals surface area contributed by atoms with Crippen molar-refractivity contribution in [2.45, 2.75) is 19.4 Å². The molecule has 2 aromatic rings. The van der Waals surface area contributed by atoms with Gasteiger partial charge in [-0.3, -0.25) is 9.78 Å². The maximum atomic E-state index is 12.3. The summed E-state index contributed by atoms with van der Waals surface area (Å²) in [6, 6.07) is 9.18. The molecule has 5 heteroatoms. The Hall–Kier alpha value is -2.07. The largest absolute Gasteiger partial charge is 0.497 e. The first-order valence-corrected chi connectivity index (χ1v) is 7.07. The average Bonchev–Trinajstić information content (AvgIpc) is 2.53. The number of amides is 1. The van der Waals surface area contributed by atoms with Gasteiger partial charge in [-0.05, 0) is 30.2 Å². The Morgan fingerprint density at radius 2 is 2.05 bits per heavy atom. The highest BCUT2D eigenvalue weighted by Gasteiger charge is 2.16. The molecule has 4 nitrogen and oxygen atoms in total. The monoisotopic (exact) mass is 304 g/mol. The Morgan fingerprint density at radius 1 is 1.33 bits per heavy atom. The minimum atomic E-state index is -0.204. The molecule has 1 heterocycles. The van der Waals surface area contributed by atoms with Gasteiger partial charge in [0.05, 0.1) is 23.7 Å². The van der Waals surface area contributed by atoms with Crippen LogP contribution in [0.1, 0.15) is 35.3 Å². The molecule has 0 radical (unpaired) electrons. The van der Waals surface area contributed by atoms with Crippen LogP contribution in [0.4, 0.5) is 0 Å². The number of aromatic nitrogens is 1. The molecule has 0 saturated carbocycles. The number of ether oxygens (including phenoxy) is 1. The second kappa shape index (κ2) is 7.09. The number of hydrogen-bond acceptors (Lipinski definition) is 3. The third-order valence-corrected chi connectivity index (χ3v) is 3.55. The van der Waals surface area contributed by atoms with Crippen molar-refractivity contribution in [2.75, 3.05) is 7.11 Å². The number of hydrogen-bond donors (Lipinski definition) is 1. The van der Waals surface area contributed by atoms with Crippen molar-refractivity contribution in [1.82, 2.24) is 10.3 Å². The third kappa shape index (κ3) is 3.73. The van der Waals surface area contributed by atoms with E-state index in [-0.39, 0.29) is 11.9 Å². The second-order valence-corrected chi connectivity index (χ2v) is 4.97. The highest BCUT2D eigenvalue weighted by molar-refractivity contribution is 6.33. The van der Waals surface area contributed by atoms with E-state index in [4.69, 9.17) is 16.3 Å². The molecule has 110 valence electrons. The molecule has 2 rings (SSSR count). The molecule has 0 fully saturated rings. The molecule has 0 bridgehead atoms. The summed E-state index contributed by atoms with van der Waals surface area (Å²) in [5, 5.41) is 3.33. The predicted octanol–water partition coefficient (Wildman–Crippen LogP) is 3.62. The zero-order valence-electron chi connectivity index (χ0n) is 12.0. The lowest BCUT2D eigenvalue weighted by Gasteiger charge is -2.18. The second-order valence-electron chi connectivity index (χ2n) is 4.56. The summed E-state index contributed by atoms with van der Waals surface area (Å²) in [6.45, 7) is 2.02. The summed E-state index contributed by atoms with van der Waals surface area (Å²) < 4.78 is 5.14. The maximum absolute atomic E-state index is 12.3. The van der Waals surface area contributed by atoms with Crippen molar-refractivity contribution < 1.29 is 9.53 Å². The number of pyridine rings is 1. The quantitative estimate of drug-likeness (QED) is 0.918. The molecule has 1 amide bonds. The number of methoxy groups -OCH3 is 1. The summed E-state index contributed by atoms with van der Waals surface area (Å²) >= 11 is 5.99. The van der Waals surface area contributed by atoms with Crippen LogP contribution >= 0.6 is 11.6 Å². The fraction of sp³-hybridized carbons (Fsp3) is 0.250. The fourth-order valence-electron chi connectivity index (χ4n) is 2.05. The van der Waals surface area contributed by atoms with Crippen LogP contribution in [0.5, 0.6) is 5.75 Å². The van der Waals surface area contributed by atoms with Gasteiger partial charge in [-0.2, -0.15) is 0 Å². The molecule has 1 atom stereocenters. The third-order valence-electron chi connectivity index (χ3n) is 3.25. The summed E-state index contributed by atoms with van der Waals surface area (Å²) in [5.41, 5.74) is 1.45. The molecule has 21 heavy (non-hydrogen) atoms. The number of benzene rings is 1.